The Hall–Kier alpha value is -0.510. The molecule has 0 heterocycles. The molecule has 1 aromatic rings. The third-order valence-electron chi connectivity index (χ3n) is 2.37. The summed E-state index contributed by atoms with van der Waals surface area (Å²) in [5.74, 6) is -1.08. The van der Waals surface area contributed by atoms with Gasteiger partial charge in [0.25, 0.3) is 0 Å². The van der Waals surface area contributed by atoms with Crippen molar-refractivity contribution in [2.75, 3.05) is 0 Å². The van der Waals surface area contributed by atoms with Gasteiger partial charge in [-0.2, -0.15) is 0 Å². The molecule has 0 amide bonds. The first kappa shape index (κ1) is 15.5. The maximum Gasteiger partial charge on any atom is 1.00 e. The van der Waals surface area contributed by atoms with Crippen molar-refractivity contribution >= 4 is 5.97 Å². The van der Waals surface area contributed by atoms with Crippen LogP contribution >= 0.6 is 0 Å². The predicted octanol–water partition coefficient (Wildman–Crippen LogP) is -1.63. The van der Waals surface area contributed by atoms with Gasteiger partial charge in [-0.1, -0.05) is 20.8 Å². The van der Waals surface area contributed by atoms with Gasteiger partial charge in [0.1, 0.15) is 5.75 Å². The normalized spacial score (nSPS) is 10.8. The van der Waals surface area contributed by atoms with Crippen molar-refractivity contribution in [3.63, 3.8) is 0 Å². The summed E-state index contributed by atoms with van der Waals surface area (Å²) in [6.07, 6.45) is 0. The molecular formula is C12H15NaO3. The van der Waals surface area contributed by atoms with Crippen molar-refractivity contribution in [3.05, 3.63) is 28.8 Å². The first-order valence-corrected chi connectivity index (χ1v) is 4.79. The topological polar surface area (TPSA) is 60.4 Å². The number of hydrogen-bond donors (Lipinski definition) is 1. The molecule has 0 aliphatic heterocycles. The Kier molecular flexibility index (Phi) is 5.05. The Balaban J connectivity index is 0.00000225. The molecule has 0 aliphatic rings. The fourth-order valence-corrected chi connectivity index (χ4v) is 1.51. The van der Waals surface area contributed by atoms with Gasteiger partial charge in [-0.05, 0) is 35.6 Å². The number of carboxylic acid groups (broad SMARTS) is 1. The van der Waals surface area contributed by atoms with Crippen molar-refractivity contribution in [3.8, 4) is 5.75 Å². The van der Waals surface area contributed by atoms with Crippen molar-refractivity contribution in [2.24, 2.45) is 0 Å². The summed E-state index contributed by atoms with van der Waals surface area (Å²) in [5.41, 5.74) is 0.979. The van der Waals surface area contributed by atoms with Gasteiger partial charge in [-0.25, -0.2) is 0 Å². The average Bonchev–Trinajstić information content (AvgIpc) is 2.00. The largest absolute Gasteiger partial charge is 1.00 e. The Morgan fingerprint density at radius 1 is 1.31 bits per heavy atom. The molecule has 1 N–H and O–H groups in total. The first-order chi connectivity index (χ1) is 6.73. The Morgan fingerprint density at radius 2 is 1.81 bits per heavy atom. The second kappa shape index (κ2) is 5.21. The van der Waals surface area contributed by atoms with Crippen LogP contribution in [0.1, 0.15) is 42.3 Å². The third-order valence-corrected chi connectivity index (χ3v) is 2.37. The maximum absolute atomic E-state index is 10.8. The summed E-state index contributed by atoms with van der Waals surface area (Å²) < 4.78 is 0. The molecule has 0 atom stereocenters. The number of phenols is 1. The van der Waals surface area contributed by atoms with Gasteiger partial charge in [0, 0.05) is 5.56 Å². The average molecular weight is 230 g/mol. The van der Waals surface area contributed by atoms with E-state index in [2.05, 4.69) is 0 Å². The van der Waals surface area contributed by atoms with E-state index in [1.165, 1.54) is 12.1 Å². The monoisotopic (exact) mass is 230 g/mol. The van der Waals surface area contributed by atoms with Crippen molar-refractivity contribution in [1.29, 1.82) is 0 Å². The van der Waals surface area contributed by atoms with E-state index in [9.17, 15) is 15.0 Å². The molecule has 0 aliphatic carbocycles. The van der Waals surface area contributed by atoms with E-state index < -0.39 is 5.97 Å². The minimum Gasteiger partial charge on any atom is -0.545 e. The summed E-state index contributed by atoms with van der Waals surface area (Å²) >= 11 is 0. The standard InChI is InChI=1S/C12H16O3.Na/c1-7-5-10(13)9(12(2,3)4)6-8(7)11(14)15;/h5-6,13H,1-4H3,(H,14,15);/q;+1/p-1. The van der Waals surface area contributed by atoms with Crippen LogP contribution in [0.25, 0.3) is 0 Å². The number of aryl methyl sites for hydroxylation is 1. The summed E-state index contributed by atoms with van der Waals surface area (Å²) in [6, 6.07) is 2.95. The van der Waals surface area contributed by atoms with Gasteiger partial charge in [-0.3, -0.25) is 0 Å². The van der Waals surface area contributed by atoms with Gasteiger partial charge < -0.3 is 15.0 Å². The molecule has 4 heteroatoms. The molecule has 1 rings (SSSR count). The second-order valence-electron chi connectivity index (χ2n) is 4.72. The molecule has 0 unspecified atom stereocenters. The number of rotatable bonds is 1. The van der Waals surface area contributed by atoms with Crippen LogP contribution in [0.5, 0.6) is 5.75 Å². The summed E-state index contributed by atoms with van der Waals surface area (Å²) in [5, 5.41) is 20.5. The molecule has 3 nitrogen and oxygen atoms in total. The fourth-order valence-electron chi connectivity index (χ4n) is 1.51. The van der Waals surface area contributed by atoms with E-state index in [0.29, 0.717) is 11.1 Å². The van der Waals surface area contributed by atoms with Crippen LogP contribution in [-0.2, 0) is 5.41 Å². The number of carbonyl (C=O) groups is 1. The quantitative estimate of drug-likeness (QED) is 0.589. The molecule has 0 radical (unpaired) electrons. The zero-order valence-corrected chi connectivity index (χ0v) is 12.4. The number of phenolic OH excluding ortho intramolecular Hbond substituents is 1. The number of carboxylic acids is 1. The Morgan fingerprint density at radius 3 is 2.19 bits per heavy atom. The summed E-state index contributed by atoms with van der Waals surface area (Å²) in [7, 11) is 0. The van der Waals surface area contributed by atoms with Crippen LogP contribution in [-0.4, -0.2) is 11.1 Å². The number of carbonyl (C=O) groups excluding carboxylic acids is 1. The fraction of sp³-hybridized carbons (Fsp3) is 0.417. The number of benzene rings is 1. The number of hydrogen-bond acceptors (Lipinski definition) is 3. The summed E-state index contributed by atoms with van der Waals surface area (Å²) in [6.45, 7) is 7.38. The van der Waals surface area contributed by atoms with E-state index in [4.69, 9.17) is 0 Å². The molecule has 0 saturated carbocycles. The van der Waals surface area contributed by atoms with Gasteiger partial charge in [0.05, 0.1) is 5.97 Å². The molecular weight excluding hydrogens is 215 g/mol. The van der Waals surface area contributed by atoms with Crippen LogP contribution in [0.3, 0.4) is 0 Å². The maximum atomic E-state index is 10.8. The molecule has 0 saturated heterocycles. The van der Waals surface area contributed by atoms with Gasteiger partial charge in [0.2, 0.25) is 0 Å². The van der Waals surface area contributed by atoms with Crippen molar-refractivity contribution < 1.29 is 44.6 Å². The minimum atomic E-state index is -1.21. The second-order valence-corrected chi connectivity index (χ2v) is 4.72. The first-order valence-electron chi connectivity index (χ1n) is 4.79. The zero-order valence-electron chi connectivity index (χ0n) is 10.4. The third kappa shape index (κ3) is 3.24. The molecule has 0 aromatic heterocycles. The van der Waals surface area contributed by atoms with Crippen LogP contribution in [0.2, 0.25) is 0 Å². The molecule has 82 valence electrons. The number of aromatic hydroxyl groups is 1. The van der Waals surface area contributed by atoms with Crippen molar-refractivity contribution in [2.45, 2.75) is 33.1 Å². The van der Waals surface area contributed by atoms with Gasteiger partial charge in [0.15, 0.2) is 0 Å². The van der Waals surface area contributed by atoms with Crippen LogP contribution < -0.4 is 34.7 Å². The van der Waals surface area contributed by atoms with E-state index in [1.54, 1.807) is 6.92 Å². The Labute approximate surface area is 118 Å². The van der Waals surface area contributed by atoms with Crippen LogP contribution in [0, 0.1) is 6.92 Å². The van der Waals surface area contributed by atoms with E-state index >= 15 is 0 Å². The summed E-state index contributed by atoms with van der Waals surface area (Å²) in [4.78, 5) is 10.8. The van der Waals surface area contributed by atoms with E-state index in [1.807, 2.05) is 20.8 Å². The van der Waals surface area contributed by atoms with Crippen molar-refractivity contribution in [1.82, 2.24) is 0 Å². The smallest absolute Gasteiger partial charge is 0.545 e. The van der Waals surface area contributed by atoms with Crippen LogP contribution in [0.15, 0.2) is 12.1 Å². The molecule has 0 spiro atoms. The molecule has 1 aromatic carbocycles. The molecule has 0 fully saturated rings. The number of aromatic carboxylic acids is 1. The predicted molar refractivity (Wildman–Crippen MR) is 55.9 cm³/mol. The SMILES string of the molecule is Cc1cc(O)c(C(C)(C)C)cc1C(=O)[O-].[Na+]. The van der Waals surface area contributed by atoms with Gasteiger partial charge >= 0.3 is 29.6 Å². The minimum absolute atomic E-state index is 0. The molecule has 16 heavy (non-hydrogen) atoms. The zero-order chi connectivity index (χ0) is 11.8. The molecule has 0 bridgehead atoms. The Bertz CT molecular complexity index is 405. The van der Waals surface area contributed by atoms with E-state index in [-0.39, 0.29) is 46.3 Å². The van der Waals surface area contributed by atoms with E-state index in [0.717, 1.165) is 0 Å². The van der Waals surface area contributed by atoms with Gasteiger partial charge in [-0.15, -0.1) is 0 Å². The van der Waals surface area contributed by atoms with Crippen LogP contribution in [0.4, 0.5) is 0 Å².